The molecule has 0 bridgehead atoms. The van der Waals surface area contributed by atoms with E-state index < -0.39 is 6.10 Å². The van der Waals surface area contributed by atoms with Gasteiger partial charge >= 0.3 is 0 Å². The minimum absolute atomic E-state index is 0.119. The number of carbonyl (C=O) groups is 4. The molecule has 2 aliphatic heterocycles. The molecule has 2 fully saturated rings. The van der Waals surface area contributed by atoms with Gasteiger partial charge in [-0.2, -0.15) is 5.26 Å². The first kappa shape index (κ1) is 22.3. The maximum atomic E-state index is 13.1. The summed E-state index contributed by atoms with van der Waals surface area (Å²) in [6, 6.07) is 8.85. The van der Waals surface area contributed by atoms with E-state index in [1.807, 2.05) is 13.8 Å². The van der Waals surface area contributed by atoms with Crippen molar-refractivity contribution in [2.24, 2.45) is 5.92 Å². The predicted octanol–water partition coefficient (Wildman–Crippen LogP) is 0.781. The lowest BCUT2D eigenvalue weighted by atomic mass is 10.0. The molecule has 0 aromatic heterocycles. The molecule has 1 unspecified atom stereocenters. The molecule has 9 heteroatoms. The number of ether oxygens (including phenoxy) is 1. The van der Waals surface area contributed by atoms with Crippen LogP contribution in [-0.2, 0) is 19.2 Å². The van der Waals surface area contributed by atoms with Gasteiger partial charge in [-0.3, -0.25) is 24.1 Å². The highest BCUT2D eigenvalue weighted by Gasteiger charge is 2.35. The fourth-order valence-corrected chi connectivity index (χ4v) is 3.66. The van der Waals surface area contributed by atoms with Gasteiger partial charge in [0.25, 0.3) is 5.91 Å². The zero-order chi connectivity index (χ0) is 22.5. The van der Waals surface area contributed by atoms with Crippen LogP contribution in [0.3, 0.4) is 0 Å². The summed E-state index contributed by atoms with van der Waals surface area (Å²) in [6.07, 6.45) is -0.448. The van der Waals surface area contributed by atoms with E-state index in [0.717, 1.165) is 4.90 Å². The summed E-state index contributed by atoms with van der Waals surface area (Å²) in [4.78, 5) is 53.3. The van der Waals surface area contributed by atoms with Crippen LogP contribution in [0.5, 0.6) is 5.75 Å². The summed E-state index contributed by atoms with van der Waals surface area (Å²) < 4.78 is 5.92. The number of amides is 4. The molecule has 31 heavy (non-hydrogen) atoms. The van der Waals surface area contributed by atoms with Gasteiger partial charge in [0.15, 0.2) is 6.10 Å². The maximum absolute atomic E-state index is 13.1. The first-order valence-corrected chi connectivity index (χ1v) is 10.4. The number of benzene rings is 1. The van der Waals surface area contributed by atoms with Gasteiger partial charge in [0.2, 0.25) is 17.7 Å². The van der Waals surface area contributed by atoms with E-state index in [-0.39, 0.29) is 48.9 Å². The lowest BCUT2D eigenvalue weighted by molar-refractivity contribution is -0.148. The Kier molecular flexibility index (Phi) is 6.90. The molecule has 0 aliphatic carbocycles. The Bertz CT molecular complexity index is 899. The van der Waals surface area contributed by atoms with Crippen molar-refractivity contribution in [2.75, 3.05) is 32.7 Å². The van der Waals surface area contributed by atoms with Gasteiger partial charge in [0.1, 0.15) is 18.4 Å². The Balaban J connectivity index is 1.59. The highest BCUT2D eigenvalue weighted by atomic mass is 16.5. The van der Waals surface area contributed by atoms with E-state index >= 15 is 0 Å². The largest absolute Gasteiger partial charge is 0.479 e. The molecule has 0 N–H and O–H groups in total. The van der Waals surface area contributed by atoms with E-state index in [1.165, 1.54) is 0 Å². The number of hydrogen-bond acceptors (Lipinski definition) is 6. The SMILES string of the molecule is CC(C)C(Oc1ccccc1C#N)C(=O)N1CCN(C(=O)CN2C(=O)CCC2=O)CC1. The number of nitrogens with zero attached hydrogens (tertiary/aromatic N) is 4. The number of carbonyl (C=O) groups excluding carboxylic acids is 4. The summed E-state index contributed by atoms with van der Waals surface area (Å²) in [5.41, 5.74) is 0.363. The number of imide groups is 1. The number of piperazine rings is 1. The molecule has 0 saturated carbocycles. The Labute approximate surface area is 181 Å². The standard InChI is InChI=1S/C22H26N4O5/c1-15(2)21(31-17-6-4-3-5-16(17)13-23)22(30)25-11-9-24(10-12-25)20(29)14-26-18(27)7-8-19(26)28/h3-6,15,21H,7-12,14H2,1-2H3. The van der Waals surface area contributed by atoms with Crippen LogP contribution in [0.4, 0.5) is 0 Å². The van der Waals surface area contributed by atoms with Crippen molar-refractivity contribution >= 4 is 23.6 Å². The van der Waals surface area contributed by atoms with Crippen molar-refractivity contribution in [3.63, 3.8) is 0 Å². The fourth-order valence-electron chi connectivity index (χ4n) is 3.66. The highest BCUT2D eigenvalue weighted by molar-refractivity contribution is 6.04. The normalized spacial score (nSPS) is 17.7. The molecule has 0 radical (unpaired) electrons. The minimum atomic E-state index is -0.753. The van der Waals surface area contributed by atoms with Crippen LogP contribution in [0, 0.1) is 17.2 Å². The highest BCUT2D eigenvalue weighted by Crippen LogP contribution is 2.22. The topological polar surface area (TPSA) is 111 Å². The first-order valence-electron chi connectivity index (χ1n) is 10.4. The second-order valence-electron chi connectivity index (χ2n) is 7.97. The van der Waals surface area contributed by atoms with E-state index in [4.69, 9.17) is 4.74 Å². The lowest BCUT2D eigenvalue weighted by Gasteiger charge is -2.37. The van der Waals surface area contributed by atoms with Gasteiger partial charge in [-0.25, -0.2) is 0 Å². The van der Waals surface area contributed by atoms with Gasteiger partial charge in [-0.15, -0.1) is 0 Å². The molecule has 2 aliphatic rings. The molecular formula is C22H26N4O5. The van der Waals surface area contributed by atoms with Gasteiger partial charge in [-0.05, 0) is 18.1 Å². The molecule has 2 heterocycles. The number of likely N-dealkylation sites (tertiary alicyclic amines) is 1. The Morgan fingerprint density at radius 1 is 1.03 bits per heavy atom. The van der Waals surface area contributed by atoms with E-state index in [2.05, 4.69) is 6.07 Å². The van der Waals surface area contributed by atoms with Gasteiger partial charge in [-0.1, -0.05) is 26.0 Å². The first-order chi connectivity index (χ1) is 14.8. The molecule has 2 saturated heterocycles. The predicted molar refractivity (Wildman–Crippen MR) is 110 cm³/mol. The van der Waals surface area contributed by atoms with E-state index in [9.17, 15) is 24.4 Å². The second kappa shape index (κ2) is 9.60. The van der Waals surface area contributed by atoms with Crippen LogP contribution in [0.25, 0.3) is 0 Å². The smallest absolute Gasteiger partial charge is 0.264 e. The Morgan fingerprint density at radius 2 is 1.61 bits per heavy atom. The van der Waals surface area contributed by atoms with Gasteiger partial charge in [0.05, 0.1) is 5.56 Å². The average molecular weight is 426 g/mol. The van der Waals surface area contributed by atoms with Crippen LogP contribution < -0.4 is 4.74 Å². The quantitative estimate of drug-likeness (QED) is 0.622. The van der Waals surface area contributed by atoms with Crippen LogP contribution in [0.15, 0.2) is 24.3 Å². The third-order valence-corrected chi connectivity index (χ3v) is 5.50. The zero-order valence-electron chi connectivity index (χ0n) is 17.7. The number of para-hydroxylation sites is 1. The third-order valence-electron chi connectivity index (χ3n) is 5.50. The molecule has 0 spiro atoms. The maximum Gasteiger partial charge on any atom is 0.264 e. The second-order valence-corrected chi connectivity index (χ2v) is 7.97. The zero-order valence-corrected chi connectivity index (χ0v) is 17.7. The lowest BCUT2D eigenvalue weighted by Crippen LogP contribution is -2.56. The Hall–Kier alpha value is -3.41. The monoisotopic (exact) mass is 426 g/mol. The number of rotatable bonds is 6. The van der Waals surface area contributed by atoms with Crippen molar-refractivity contribution in [2.45, 2.75) is 32.8 Å². The van der Waals surface area contributed by atoms with Crippen molar-refractivity contribution in [3.05, 3.63) is 29.8 Å². The van der Waals surface area contributed by atoms with E-state index in [0.29, 0.717) is 37.5 Å². The molecule has 4 amide bonds. The Morgan fingerprint density at radius 3 is 2.19 bits per heavy atom. The van der Waals surface area contributed by atoms with Crippen LogP contribution in [0.2, 0.25) is 0 Å². The summed E-state index contributed by atoms with van der Waals surface area (Å²) in [5.74, 6) is -0.879. The van der Waals surface area contributed by atoms with E-state index in [1.54, 1.807) is 34.1 Å². The molecule has 164 valence electrons. The van der Waals surface area contributed by atoms with Crippen molar-refractivity contribution in [1.82, 2.24) is 14.7 Å². The van der Waals surface area contributed by atoms with Gasteiger partial charge < -0.3 is 14.5 Å². The third kappa shape index (κ3) is 5.02. The van der Waals surface area contributed by atoms with Crippen molar-refractivity contribution < 1.29 is 23.9 Å². The van der Waals surface area contributed by atoms with Crippen LogP contribution >= 0.6 is 0 Å². The summed E-state index contributed by atoms with van der Waals surface area (Å²) >= 11 is 0. The summed E-state index contributed by atoms with van der Waals surface area (Å²) in [7, 11) is 0. The molecular weight excluding hydrogens is 400 g/mol. The van der Waals surface area contributed by atoms with Crippen molar-refractivity contribution in [3.8, 4) is 11.8 Å². The van der Waals surface area contributed by atoms with Gasteiger partial charge in [0, 0.05) is 39.0 Å². The van der Waals surface area contributed by atoms with Crippen LogP contribution in [-0.4, -0.2) is 77.2 Å². The molecule has 9 nitrogen and oxygen atoms in total. The molecule has 1 aromatic rings. The molecule has 3 rings (SSSR count). The summed E-state index contributed by atoms with van der Waals surface area (Å²) in [6.45, 7) is 4.82. The number of nitriles is 1. The number of hydrogen-bond donors (Lipinski definition) is 0. The molecule has 1 aromatic carbocycles. The van der Waals surface area contributed by atoms with Crippen molar-refractivity contribution in [1.29, 1.82) is 5.26 Å². The average Bonchev–Trinajstić information content (AvgIpc) is 3.09. The fraction of sp³-hybridized carbons (Fsp3) is 0.500. The molecule has 1 atom stereocenters. The summed E-state index contributed by atoms with van der Waals surface area (Å²) in [5, 5.41) is 9.26. The minimum Gasteiger partial charge on any atom is -0.479 e. The van der Waals surface area contributed by atoms with Crippen LogP contribution in [0.1, 0.15) is 32.3 Å².